The van der Waals surface area contributed by atoms with Gasteiger partial charge in [-0.1, -0.05) is 17.7 Å². The summed E-state index contributed by atoms with van der Waals surface area (Å²) in [6.07, 6.45) is 1.77. The highest BCUT2D eigenvalue weighted by molar-refractivity contribution is 6.31. The first-order valence-corrected chi connectivity index (χ1v) is 10.8. The Kier molecular flexibility index (Phi) is 5.02. The average Bonchev–Trinajstić information content (AvgIpc) is 3.21. The summed E-state index contributed by atoms with van der Waals surface area (Å²) in [5.74, 6) is -0.275. The quantitative estimate of drug-likeness (QED) is 0.370. The molecule has 5 aromatic rings. The zero-order valence-electron chi connectivity index (χ0n) is 18.4. The third-order valence-electron chi connectivity index (χ3n) is 5.86. The van der Waals surface area contributed by atoms with Crippen LogP contribution in [0.3, 0.4) is 0 Å². The van der Waals surface area contributed by atoms with E-state index in [1.54, 1.807) is 36.0 Å². The van der Waals surface area contributed by atoms with Crippen LogP contribution in [0.4, 0.5) is 5.69 Å². The van der Waals surface area contributed by atoms with E-state index in [1.165, 1.54) is 0 Å². The number of amides is 1. The van der Waals surface area contributed by atoms with Crippen molar-refractivity contribution in [2.45, 2.75) is 13.8 Å². The first-order chi connectivity index (χ1) is 15.8. The van der Waals surface area contributed by atoms with Gasteiger partial charge < -0.3 is 14.9 Å². The van der Waals surface area contributed by atoms with Gasteiger partial charge in [0.1, 0.15) is 5.69 Å². The van der Waals surface area contributed by atoms with E-state index in [4.69, 9.17) is 11.6 Å². The molecule has 164 valence electrons. The summed E-state index contributed by atoms with van der Waals surface area (Å²) >= 11 is 6.05. The number of pyridine rings is 2. The van der Waals surface area contributed by atoms with Crippen LogP contribution in [0.1, 0.15) is 21.7 Å². The lowest BCUT2D eigenvalue weighted by molar-refractivity contribution is 0.102. The first kappa shape index (κ1) is 21.0. The van der Waals surface area contributed by atoms with Gasteiger partial charge in [0, 0.05) is 51.5 Å². The van der Waals surface area contributed by atoms with Crippen molar-refractivity contribution in [1.29, 1.82) is 0 Å². The fraction of sp³-hybridized carbons (Fsp3) is 0.115. The van der Waals surface area contributed by atoms with Crippen LogP contribution in [0, 0.1) is 13.8 Å². The maximum Gasteiger partial charge on any atom is 0.272 e. The topological polar surface area (TPSA) is 79.8 Å². The number of nitrogens with zero attached hydrogens (tertiary/aromatic N) is 2. The van der Waals surface area contributed by atoms with E-state index in [9.17, 15) is 9.59 Å². The van der Waals surface area contributed by atoms with E-state index in [0.29, 0.717) is 22.0 Å². The minimum atomic E-state index is -0.275. The largest absolute Gasteiger partial charge is 0.351 e. The molecule has 33 heavy (non-hydrogen) atoms. The van der Waals surface area contributed by atoms with Crippen molar-refractivity contribution in [2.75, 3.05) is 5.32 Å². The Labute approximate surface area is 194 Å². The maximum absolute atomic E-state index is 13.2. The molecule has 5 rings (SSSR count). The van der Waals surface area contributed by atoms with Gasteiger partial charge in [0.15, 0.2) is 0 Å². The molecule has 0 saturated carbocycles. The summed E-state index contributed by atoms with van der Waals surface area (Å²) in [5, 5.41) is 5.28. The molecule has 0 saturated heterocycles. The van der Waals surface area contributed by atoms with Gasteiger partial charge in [-0.15, -0.1) is 0 Å². The number of aromatic nitrogens is 3. The number of carbonyl (C=O) groups excluding carboxylic acids is 1. The normalized spacial score (nSPS) is 11.3. The second-order valence-electron chi connectivity index (χ2n) is 8.21. The number of H-pyrrole nitrogens is 1. The van der Waals surface area contributed by atoms with Crippen LogP contribution in [0.5, 0.6) is 0 Å². The van der Waals surface area contributed by atoms with E-state index < -0.39 is 0 Å². The fourth-order valence-electron chi connectivity index (χ4n) is 4.07. The van der Waals surface area contributed by atoms with E-state index in [-0.39, 0.29) is 11.5 Å². The molecule has 0 spiro atoms. The number of hydrogen-bond acceptors (Lipinski definition) is 3. The number of aromatic amines is 1. The van der Waals surface area contributed by atoms with Crippen LogP contribution in [-0.2, 0) is 7.05 Å². The monoisotopic (exact) mass is 456 g/mol. The van der Waals surface area contributed by atoms with Crippen molar-refractivity contribution >= 4 is 45.0 Å². The Bertz CT molecular complexity index is 1630. The Morgan fingerprint density at radius 2 is 1.82 bits per heavy atom. The molecule has 7 heteroatoms. The molecule has 3 aromatic heterocycles. The van der Waals surface area contributed by atoms with E-state index >= 15 is 0 Å². The highest BCUT2D eigenvalue weighted by Gasteiger charge is 2.15. The van der Waals surface area contributed by atoms with E-state index in [1.807, 2.05) is 50.2 Å². The van der Waals surface area contributed by atoms with Gasteiger partial charge in [-0.2, -0.15) is 0 Å². The van der Waals surface area contributed by atoms with Gasteiger partial charge in [-0.3, -0.25) is 14.6 Å². The van der Waals surface area contributed by atoms with Crippen molar-refractivity contribution in [3.63, 3.8) is 0 Å². The smallest absolute Gasteiger partial charge is 0.272 e. The second-order valence-corrected chi connectivity index (χ2v) is 8.64. The third kappa shape index (κ3) is 3.79. The molecule has 0 bridgehead atoms. The molecule has 0 unspecified atom stereocenters. The predicted octanol–water partition coefficient (Wildman–Crippen LogP) is 5.60. The lowest BCUT2D eigenvalue weighted by atomic mass is 9.99. The molecule has 1 amide bonds. The number of aryl methyl sites for hydroxylation is 3. The Balaban J connectivity index is 1.53. The van der Waals surface area contributed by atoms with Crippen molar-refractivity contribution in [2.24, 2.45) is 7.05 Å². The Hall–Kier alpha value is -3.90. The number of nitrogens with one attached hydrogen (secondary N) is 2. The minimum absolute atomic E-state index is 0.104. The van der Waals surface area contributed by atoms with Gasteiger partial charge >= 0.3 is 0 Å². The van der Waals surface area contributed by atoms with E-state index in [2.05, 4.69) is 15.3 Å². The molecule has 0 radical (unpaired) electrons. The van der Waals surface area contributed by atoms with Crippen LogP contribution in [0.2, 0.25) is 5.02 Å². The van der Waals surface area contributed by atoms with Gasteiger partial charge in [0.25, 0.3) is 11.5 Å². The molecular weight excluding hydrogens is 436 g/mol. The zero-order chi connectivity index (χ0) is 23.3. The second kappa shape index (κ2) is 7.90. The number of anilines is 1. The molecule has 2 aromatic carbocycles. The number of hydrogen-bond donors (Lipinski definition) is 2. The first-order valence-electron chi connectivity index (χ1n) is 10.5. The summed E-state index contributed by atoms with van der Waals surface area (Å²) in [5.41, 5.74) is 5.69. The van der Waals surface area contributed by atoms with Crippen LogP contribution in [0.15, 0.2) is 65.6 Å². The Morgan fingerprint density at radius 3 is 2.64 bits per heavy atom. The summed E-state index contributed by atoms with van der Waals surface area (Å²) in [6, 6.07) is 16.5. The van der Waals surface area contributed by atoms with Crippen molar-refractivity contribution in [3.8, 4) is 11.1 Å². The van der Waals surface area contributed by atoms with Crippen molar-refractivity contribution in [3.05, 3.63) is 93.1 Å². The van der Waals surface area contributed by atoms with Crippen LogP contribution >= 0.6 is 11.6 Å². The molecule has 0 atom stereocenters. The highest BCUT2D eigenvalue weighted by Crippen LogP contribution is 2.27. The van der Waals surface area contributed by atoms with Crippen LogP contribution in [0.25, 0.3) is 32.9 Å². The Morgan fingerprint density at radius 1 is 1.00 bits per heavy atom. The lowest BCUT2D eigenvalue weighted by Gasteiger charge is -2.13. The molecule has 2 N–H and O–H groups in total. The number of carbonyl (C=O) groups is 1. The number of benzene rings is 2. The summed E-state index contributed by atoms with van der Waals surface area (Å²) in [4.78, 5) is 33.5. The number of halogens is 1. The molecule has 0 fully saturated rings. The van der Waals surface area contributed by atoms with Gasteiger partial charge in [-0.05, 0) is 73.5 Å². The molecule has 0 aliphatic rings. The fourth-order valence-corrected chi connectivity index (χ4v) is 4.25. The molecule has 0 aliphatic carbocycles. The number of rotatable bonds is 3. The van der Waals surface area contributed by atoms with Crippen LogP contribution in [-0.4, -0.2) is 20.4 Å². The zero-order valence-corrected chi connectivity index (χ0v) is 19.1. The van der Waals surface area contributed by atoms with Gasteiger partial charge in [-0.25, -0.2) is 0 Å². The van der Waals surface area contributed by atoms with Gasteiger partial charge in [0.2, 0.25) is 0 Å². The van der Waals surface area contributed by atoms with E-state index in [0.717, 1.165) is 38.6 Å². The third-order valence-corrected chi connectivity index (χ3v) is 6.09. The molecule has 6 nitrogen and oxygen atoms in total. The molecule has 0 aliphatic heterocycles. The minimum Gasteiger partial charge on any atom is -0.351 e. The SMILES string of the molecule is Cc1cc2c(cn1)cc(-c1cc(NC(=O)c3cc4cc(Cl)ccc4[nH]3)ccc1C)c(=O)n2C. The predicted molar refractivity (Wildman–Crippen MR) is 133 cm³/mol. The lowest BCUT2D eigenvalue weighted by Crippen LogP contribution is -2.19. The van der Waals surface area contributed by atoms with Crippen LogP contribution < -0.4 is 10.9 Å². The van der Waals surface area contributed by atoms with Crippen molar-refractivity contribution < 1.29 is 4.79 Å². The molecular formula is C26H21ClN4O2. The van der Waals surface area contributed by atoms with Crippen molar-refractivity contribution in [1.82, 2.24) is 14.5 Å². The molecule has 3 heterocycles. The summed E-state index contributed by atoms with van der Waals surface area (Å²) in [7, 11) is 1.76. The maximum atomic E-state index is 13.2. The summed E-state index contributed by atoms with van der Waals surface area (Å²) in [6.45, 7) is 3.84. The van der Waals surface area contributed by atoms with Gasteiger partial charge in [0.05, 0.1) is 5.52 Å². The average molecular weight is 457 g/mol. The summed E-state index contributed by atoms with van der Waals surface area (Å²) < 4.78 is 1.64. The number of fused-ring (bicyclic) bond motifs is 2. The highest BCUT2D eigenvalue weighted by atomic mass is 35.5. The standard InChI is InChI=1S/C26H21ClN4O2/c1-14-4-6-19(29-25(32)23-11-16-9-18(27)5-7-22(16)30-23)12-20(14)21-10-17-13-28-15(2)8-24(17)31(3)26(21)33/h4-13,30H,1-3H3,(H,29,32).